The molecular formula is C14H19N3O. The van der Waals surface area contributed by atoms with Crippen LogP contribution in [0.25, 0.3) is 0 Å². The molecule has 0 unspecified atom stereocenters. The van der Waals surface area contributed by atoms with Crippen molar-refractivity contribution in [1.29, 1.82) is 0 Å². The Labute approximate surface area is 108 Å². The van der Waals surface area contributed by atoms with Gasteiger partial charge in [0, 0.05) is 32.0 Å². The topological polar surface area (TPSA) is 39.1 Å². The monoisotopic (exact) mass is 245 g/mol. The summed E-state index contributed by atoms with van der Waals surface area (Å²) in [4.78, 5) is 4.01. The summed E-state index contributed by atoms with van der Waals surface area (Å²) in [6.07, 6.45) is 5.60. The largest absolute Gasteiger partial charge is 0.494 e. The van der Waals surface area contributed by atoms with Gasteiger partial charge in [-0.1, -0.05) is 12.1 Å². The van der Waals surface area contributed by atoms with Crippen LogP contribution in [0.5, 0.6) is 5.75 Å². The smallest absolute Gasteiger partial charge is 0.119 e. The maximum absolute atomic E-state index is 5.40. The van der Waals surface area contributed by atoms with E-state index in [2.05, 4.69) is 27.0 Å². The highest BCUT2D eigenvalue weighted by atomic mass is 16.5. The van der Waals surface area contributed by atoms with Crippen molar-refractivity contribution in [2.24, 2.45) is 0 Å². The van der Waals surface area contributed by atoms with E-state index in [-0.39, 0.29) is 0 Å². The van der Waals surface area contributed by atoms with Gasteiger partial charge in [0.2, 0.25) is 0 Å². The summed E-state index contributed by atoms with van der Waals surface area (Å²) in [6, 6.07) is 8.21. The van der Waals surface area contributed by atoms with Crippen molar-refractivity contribution in [3.8, 4) is 5.75 Å². The number of hydrogen-bond donors (Lipinski definition) is 1. The van der Waals surface area contributed by atoms with Gasteiger partial charge < -0.3 is 14.6 Å². The van der Waals surface area contributed by atoms with Crippen LogP contribution in [0.2, 0.25) is 0 Å². The van der Waals surface area contributed by atoms with Crippen LogP contribution >= 0.6 is 0 Å². The second-order valence-corrected chi connectivity index (χ2v) is 4.05. The van der Waals surface area contributed by atoms with Gasteiger partial charge in [-0.3, -0.25) is 0 Å². The summed E-state index contributed by atoms with van der Waals surface area (Å²) in [5.74, 6) is 0.930. The molecule has 18 heavy (non-hydrogen) atoms. The number of ether oxygens (including phenoxy) is 1. The quantitative estimate of drug-likeness (QED) is 0.759. The third kappa shape index (κ3) is 3.89. The van der Waals surface area contributed by atoms with Gasteiger partial charge in [-0.25, -0.2) is 4.98 Å². The van der Waals surface area contributed by atoms with E-state index in [1.54, 1.807) is 6.20 Å². The minimum Gasteiger partial charge on any atom is -0.494 e. The zero-order valence-corrected chi connectivity index (χ0v) is 10.7. The third-order valence-electron chi connectivity index (χ3n) is 2.67. The average molecular weight is 245 g/mol. The minimum absolute atomic E-state index is 0.711. The Morgan fingerprint density at radius 2 is 2.11 bits per heavy atom. The Kier molecular flexibility index (Phi) is 4.78. The summed E-state index contributed by atoms with van der Waals surface area (Å²) < 4.78 is 7.47. The van der Waals surface area contributed by atoms with Gasteiger partial charge in [-0.15, -0.1) is 0 Å². The zero-order chi connectivity index (χ0) is 12.6. The fourth-order valence-electron chi connectivity index (χ4n) is 1.73. The third-order valence-corrected chi connectivity index (χ3v) is 2.67. The fourth-order valence-corrected chi connectivity index (χ4v) is 1.73. The Morgan fingerprint density at radius 3 is 2.78 bits per heavy atom. The maximum atomic E-state index is 5.40. The molecule has 0 aliphatic rings. The number of nitrogens with one attached hydrogen (secondary N) is 1. The van der Waals surface area contributed by atoms with Crippen molar-refractivity contribution in [3.63, 3.8) is 0 Å². The van der Waals surface area contributed by atoms with Gasteiger partial charge in [0.05, 0.1) is 12.9 Å². The fraction of sp³-hybridized carbons (Fsp3) is 0.357. The number of imidazole rings is 1. The van der Waals surface area contributed by atoms with Gasteiger partial charge in [-0.2, -0.15) is 0 Å². The zero-order valence-electron chi connectivity index (χ0n) is 10.7. The van der Waals surface area contributed by atoms with Crippen LogP contribution in [-0.4, -0.2) is 22.7 Å². The van der Waals surface area contributed by atoms with Gasteiger partial charge in [0.15, 0.2) is 0 Å². The van der Waals surface area contributed by atoms with Crippen molar-refractivity contribution in [1.82, 2.24) is 14.9 Å². The van der Waals surface area contributed by atoms with Gasteiger partial charge in [-0.05, 0) is 24.6 Å². The van der Waals surface area contributed by atoms with E-state index in [0.717, 1.165) is 25.4 Å². The first kappa shape index (κ1) is 12.6. The van der Waals surface area contributed by atoms with Gasteiger partial charge >= 0.3 is 0 Å². The highest BCUT2D eigenvalue weighted by Crippen LogP contribution is 2.11. The Hall–Kier alpha value is -1.81. The summed E-state index contributed by atoms with van der Waals surface area (Å²) in [6.45, 7) is 5.45. The summed E-state index contributed by atoms with van der Waals surface area (Å²) in [5.41, 5.74) is 1.27. The molecule has 0 atom stereocenters. The van der Waals surface area contributed by atoms with Crippen LogP contribution in [0.15, 0.2) is 43.0 Å². The van der Waals surface area contributed by atoms with Crippen LogP contribution in [0.4, 0.5) is 0 Å². The molecule has 2 rings (SSSR count). The van der Waals surface area contributed by atoms with Crippen molar-refractivity contribution in [3.05, 3.63) is 48.5 Å². The van der Waals surface area contributed by atoms with Gasteiger partial charge in [0.25, 0.3) is 0 Å². The average Bonchev–Trinajstić information content (AvgIpc) is 2.90. The molecule has 4 nitrogen and oxygen atoms in total. The molecule has 1 N–H and O–H groups in total. The molecule has 2 aromatic rings. The first-order valence-electron chi connectivity index (χ1n) is 6.26. The number of hydrogen-bond acceptors (Lipinski definition) is 3. The van der Waals surface area contributed by atoms with Gasteiger partial charge in [0.1, 0.15) is 5.75 Å². The van der Waals surface area contributed by atoms with Crippen molar-refractivity contribution in [2.45, 2.75) is 20.0 Å². The lowest BCUT2D eigenvalue weighted by Crippen LogP contribution is -2.18. The van der Waals surface area contributed by atoms with Crippen LogP contribution in [0.1, 0.15) is 12.5 Å². The molecular weight excluding hydrogens is 226 g/mol. The standard InChI is InChI=1S/C14H19N3O/c1-2-18-14-5-3-13(4-6-14)11-15-7-9-17-10-8-16-12-17/h3-6,8,10,12,15H,2,7,9,11H2,1H3. The summed E-state index contributed by atoms with van der Waals surface area (Å²) in [7, 11) is 0. The molecule has 96 valence electrons. The molecule has 1 aromatic carbocycles. The highest BCUT2D eigenvalue weighted by molar-refractivity contribution is 5.27. The molecule has 0 aliphatic heterocycles. The Morgan fingerprint density at radius 1 is 1.28 bits per heavy atom. The lowest BCUT2D eigenvalue weighted by Gasteiger charge is -2.07. The van der Waals surface area contributed by atoms with E-state index in [1.165, 1.54) is 5.56 Å². The normalized spacial score (nSPS) is 10.5. The Balaban J connectivity index is 1.69. The van der Waals surface area contributed by atoms with Crippen molar-refractivity contribution >= 4 is 0 Å². The van der Waals surface area contributed by atoms with E-state index < -0.39 is 0 Å². The molecule has 0 spiro atoms. The van der Waals surface area contributed by atoms with E-state index in [4.69, 9.17) is 4.74 Å². The second-order valence-electron chi connectivity index (χ2n) is 4.05. The highest BCUT2D eigenvalue weighted by Gasteiger charge is 1.95. The minimum atomic E-state index is 0.711. The van der Waals surface area contributed by atoms with Crippen LogP contribution in [0, 0.1) is 0 Å². The molecule has 0 amide bonds. The van der Waals surface area contributed by atoms with Crippen LogP contribution in [0.3, 0.4) is 0 Å². The molecule has 0 saturated heterocycles. The molecule has 0 bridgehead atoms. The molecule has 1 aromatic heterocycles. The maximum Gasteiger partial charge on any atom is 0.119 e. The lowest BCUT2D eigenvalue weighted by molar-refractivity contribution is 0.340. The number of aromatic nitrogens is 2. The summed E-state index contributed by atoms with van der Waals surface area (Å²) in [5, 5.41) is 3.40. The SMILES string of the molecule is CCOc1ccc(CNCCn2ccnc2)cc1. The molecule has 0 fully saturated rings. The van der Waals surface area contributed by atoms with E-state index in [9.17, 15) is 0 Å². The number of rotatable bonds is 7. The van der Waals surface area contributed by atoms with Crippen molar-refractivity contribution < 1.29 is 4.74 Å². The summed E-state index contributed by atoms with van der Waals surface area (Å²) >= 11 is 0. The molecule has 0 saturated carbocycles. The molecule has 0 radical (unpaired) electrons. The van der Waals surface area contributed by atoms with Crippen LogP contribution in [-0.2, 0) is 13.1 Å². The molecule has 4 heteroatoms. The van der Waals surface area contributed by atoms with E-state index >= 15 is 0 Å². The lowest BCUT2D eigenvalue weighted by atomic mass is 10.2. The van der Waals surface area contributed by atoms with E-state index in [1.807, 2.05) is 31.6 Å². The molecule has 1 heterocycles. The molecule has 0 aliphatic carbocycles. The second kappa shape index (κ2) is 6.81. The van der Waals surface area contributed by atoms with E-state index in [0.29, 0.717) is 6.61 Å². The predicted octanol–water partition coefficient (Wildman–Crippen LogP) is 2.07. The Bertz CT molecular complexity index is 437. The number of benzene rings is 1. The first-order valence-corrected chi connectivity index (χ1v) is 6.26. The van der Waals surface area contributed by atoms with Crippen molar-refractivity contribution in [2.75, 3.05) is 13.2 Å². The number of nitrogens with zero attached hydrogens (tertiary/aromatic N) is 2. The van der Waals surface area contributed by atoms with Crippen LogP contribution < -0.4 is 10.1 Å². The first-order chi connectivity index (χ1) is 8.88. The predicted molar refractivity (Wildman–Crippen MR) is 71.5 cm³/mol.